The van der Waals surface area contributed by atoms with Gasteiger partial charge in [0.2, 0.25) is 0 Å². The molecule has 16 heavy (non-hydrogen) atoms. The predicted octanol–water partition coefficient (Wildman–Crippen LogP) is 2.07. The van der Waals surface area contributed by atoms with E-state index in [-0.39, 0.29) is 6.04 Å². The van der Waals surface area contributed by atoms with Crippen molar-refractivity contribution in [3.63, 3.8) is 0 Å². The Bertz CT molecular complexity index is 463. The number of rotatable bonds is 3. The maximum Gasteiger partial charge on any atom is 0.171 e. The highest BCUT2D eigenvalue weighted by molar-refractivity contribution is 6.30. The number of nitrogens with one attached hydrogen (secondary N) is 1. The van der Waals surface area contributed by atoms with Crippen LogP contribution in [-0.4, -0.2) is 15.2 Å². The standard InChI is InChI=1S/C11H13ClN4/c1-2-9-14-11(16-15-9)10(13)7-3-5-8(12)6-4-7/h3-6,10H,2,13H2,1H3,(H,14,15,16)/t10-/m1/s1. The van der Waals surface area contributed by atoms with Crippen molar-refractivity contribution in [1.29, 1.82) is 0 Å². The van der Waals surface area contributed by atoms with E-state index in [9.17, 15) is 0 Å². The van der Waals surface area contributed by atoms with Crippen LogP contribution in [0.25, 0.3) is 0 Å². The number of H-pyrrole nitrogens is 1. The minimum atomic E-state index is -0.311. The van der Waals surface area contributed by atoms with Gasteiger partial charge in [-0.25, -0.2) is 4.98 Å². The summed E-state index contributed by atoms with van der Waals surface area (Å²) in [4.78, 5) is 4.30. The maximum atomic E-state index is 6.05. The monoisotopic (exact) mass is 236 g/mol. The molecule has 5 heteroatoms. The molecule has 0 bridgehead atoms. The van der Waals surface area contributed by atoms with Crippen LogP contribution in [0.1, 0.15) is 30.2 Å². The largest absolute Gasteiger partial charge is 0.318 e. The average molecular weight is 237 g/mol. The van der Waals surface area contributed by atoms with E-state index in [0.717, 1.165) is 17.8 Å². The summed E-state index contributed by atoms with van der Waals surface area (Å²) >= 11 is 5.81. The van der Waals surface area contributed by atoms with Gasteiger partial charge in [0.1, 0.15) is 5.82 Å². The van der Waals surface area contributed by atoms with Crippen molar-refractivity contribution in [1.82, 2.24) is 15.2 Å². The maximum absolute atomic E-state index is 6.05. The van der Waals surface area contributed by atoms with Crippen molar-refractivity contribution in [3.05, 3.63) is 46.5 Å². The molecule has 84 valence electrons. The topological polar surface area (TPSA) is 67.6 Å². The van der Waals surface area contributed by atoms with E-state index in [1.165, 1.54) is 0 Å². The average Bonchev–Trinajstić information content (AvgIpc) is 2.77. The molecular formula is C11H13ClN4. The van der Waals surface area contributed by atoms with Crippen molar-refractivity contribution in [2.45, 2.75) is 19.4 Å². The van der Waals surface area contributed by atoms with Gasteiger partial charge < -0.3 is 5.73 Å². The lowest BCUT2D eigenvalue weighted by atomic mass is 10.1. The minimum Gasteiger partial charge on any atom is -0.318 e. The fourth-order valence-electron chi connectivity index (χ4n) is 1.43. The Morgan fingerprint density at radius 1 is 1.38 bits per heavy atom. The van der Waals surface area contributed by atoms with E-state index in [2.05, 4.69) is 15.2 Å². The van der Waals surface area contributed by atoms with Crippen LogP contribution in [0.15, 0.2) is 24.3 Å². The lowest BCUT2D eigenvalue weighted by Crippen LogP contribution is -2.13. The van der Waals surface area contributed by atoms with E-state index >= 15 is 0 Å². The Labute approximate surface area is 98.8 Å². The number of halogens is 1. The van der Waals surface area contributed by atoms with Gasteiger partial charge in [0.25, 0.3) is 0 Å². The van der Waals surface area contributed by atoms with Gasteiger partial charge in [0.05, 0.1) is 6.04 Å². The first kappa shape index (κ1) is 11.1. The van der Waals surface area contributed by atoms with Gasteiger partial charge in [-0.2, -0.15) is 5.10 Å². The van der Waals surface area contributed by atoms with E-state index in [0.29, 0.717) is 10.8 Å². The Hall–Kier alpha value is -1.39. The van der Waals surface area contributed by atoms with E-state index in [4.69, 9.17) is 17.3 Å². The third kappa shape index (κ3) is 2.23. The van der Waals surface area contributed by atoms with Crippen molar-refractivity contribution in [2.24, 2.45) is 5.73 Å². The number of aromatic amines is 1. The third-order valence-corrected chi connectivity index (χ3v) is 2.64. The van der Waals surface area contributed by atoms with Crippen LogP contribution < -0.4 is 5.73 Å². The van der Waals surface area contributed by atoms with Crippen molar-refractivity contribution >= 4 is 11.6 Å². The molecule has 1 aromatic carbocycles. The molecule has 0 amide bonds. The van der Waals surface area contributed by atoms with Crippen molar-refractivity contribution in [3.8, 4) is 0 Å². The van der Waals surface area contributed by atoms with Crippen LogP contribution >= 0.6 is 11.6 Å². The fraction of sp³-hybridized carbons (Fsp3) is 0.273. The van der Waals surface area contributed by atoms with E-state index < -0.39 is 0 Å². The molecule has 0 saturated carbocycles. The summed E-state index contributed by atoms with van der Waals surface area (Å²) in [7, 11) is 0. The molecule has 3 N–H and O–H groups in total. The van der Waals surface area contributed by atoms with Crippen LogP contribution in [0.3, 0.4) is 0 Å². The summed E-state index contributed by atoms with van der Waals surface area (Å²) in [5.74, 6) is 1.46. The van der Waals surface area contributed by atoms with E-state index in [1.54, 1.807) is 0 Å². The summed E-state index contributed by atoms with van der Waals surface area (Å²) in [6, 6.07) is 7.08. The number of aryl methyl sites for hydroxylation is 1. The number of nitrogens with zero attached hydrogens (tertiary/aromatic N) is 2. The Balaban J connectivity index is 2.24. The number of nitrogens with two attached hydrogens (primary N) is 1. The number of hydrogen-bond acceptors (Lipinski definition) is 3. The van der Waals surface area contributed by atoms with Crippen LogP contribution in [0.5, 0.6) is 0 Å². The van der Waals surface area contributed by atoms with Crippen LogP contribution in [-0.2, 0) is 6.42 Å². The zero-order valence-corrected chi connectivity index (χ0v) is 9.70. The van der Waals surface area contributed by atoms with Crippen LogP contribution in [0.4, 0.5) is 0 Å². The van der Waals surface area contributed by atoms with Crippen molar-refractivity contribution < 1.29 is 0 Å². The molecule has 0 saturated heterocycles. The Morgan fingerprint density at radius 3 is 2.62 bits per heavy atom. The smallest absolute Gasteiger partial charge is 0.171 e. The molecule has 2 rings (SSSR count). The quantitative estimate of drug-likeness (QED) is 0.857. The Kier molecular flexibility index (Phi) is 3.22. The molecule has 0 aliphatic rings. The lowest BCUT2D eigenvalue weighted by molar-refractivity contribution is 0.787. The molecule has 0 unspecified atom stereocenters. The number of aromatic nitrogens is 3. The highest BCUT2D eigenvalue weighted by Gasteiger charge is 2.13. The van der Waals surface area contributed by atoms with E-state index in [1.807, 2.05) is 31.2 Å². The summed E-state index contributed by atoms with van der Waals surface area (Å²) < 4.78 is 0. The van der Waals surface area contributed by atoms with Gasteiger partial charge in [0, 0.05) is 11.4 Å². The molecule has 1 heterocycles. The number of hydrogen-bond donors (Lipinski definition) is 2. The van der Waals surface area contributed by atoms with Gasteiger partial charge in [0.15, 0.2) is 5.82 Å². The first-order valence-electron chi connectivity index (χ1n) is 5.13. The van der Waals surface area contributed by atoms with Crippen LogP contribution in [0, 0.1) is 0 Å². The second-order valence-electron chi connectivity index (χ2n) is 3.52. The lowest BCUT2D eigenvalue weighted by Gasteiger charge is -2.07. The second-order valence-corrected chi connectivity index (χ2v) is 3.96. The first-order valence-corrected chi connectivity index (χ1v) is 5.50. The molecule has 0 radical (unpaired) electrons. The second kappa shape index (κ2) is 4.63. The van der Waals surface area contributed by atoms with Crippen molar-refractivity contribution in [2.75, 3.05) is 0 Å². The molecule has 0 aliphatic heterocycles. The van der Waals surface area contributed by atoms with Gasteiger partial charge >= 0.3 is 0 Å². The Morgan fingerprint density at radius 2 is 2.06 bits per heavy atom. The minimum absolute atomic E-state index is 0.311. The molecule has 1 aromatic heterocycles. The summed E-state index contributed by atoms with van der Waals surface area (Å²) in [6.07, 6.45) is 0.820. The molecule has 2 aromatic rings. The van der Waals surface area contributed by atoms with Crippen LogP contribution in [0.2, 0.25) is 5.02 Å². The molecule has 0 spiro atoms. The normalized spacial score (nSPS) is 12.7. The summed E-state index contributed by atoms with van der Waals surface area (Å²) in [6.45, 7) is 2.01. The first-order chi connectivity index (χ1) is 7.70. The zero-order chi connectivity index (χ0) is 11.5. The summed E-state index contributed by atoms with van der Waals surface area (Å²) in [5, 5.41) is 7.64. The third-order valence-electron chi connectivity index (χ3n) is 2.39. The van der Waals surface area contributed by atoms with Gasteiger partial charge in [-0.3, -0.25) is 5.10 Å². The predicted molar refractivity (Wildman–Crippen MR) is 63.2 cm³/mol. The zero-order valence-electron chi connectivity index (χ0n) is 8.94. The number of benzene rings is 1. The highest BCUT2D eigenvalue weighted by Crippen LogP contribution is 2.18. The van der Waals surface area contributed by atoms with Gasteiger partial charge in [-0.05, 0) is 17.7 Å². The molecular weight excluding hydrogens is 224 g/mol. The molecule has 1 atom stereocenters. The van der Waals surface area contributed by atoms with Gasteiger partial charge in [-0.1, -0.05) is 30.7 Å². The molecule has 0 aliphatic carbocycles. The summed E-state index contributed by atoms with van der Waals surface area (Å²) in [5.41, 5.74) is 7.00. The SMILES string of the molecule is CCc1nc([C@H](N)c2ccc(Cl)cc2)n[nH]1. The molecule has 0 fully saturated rings. The fourth-order valence-corrected chi connectivity index (χ4v) is 1.55. The highest BCUT2D eigenvalue weighted by atomic mass is 35.5. The van der Waals surface area contributed by atoms with Gasteiger partial charge in [-0.15, -0.1) is 0 Å². The molecule has 4 nitrogen and oxygen atoms in total.